The third-order valence-electron chi connectivity index (χ3n) is 8.64. The standard InChI is InChI=1S/C40H42N2O10S/c1-3-5-7-9-19-49-31-15-11-27(12-16-31)39(43)51-33-21-29-25-53-26-30-22-34(24-36(42(47)48)38(30)37(29)35(23-33)41(45)46)52-40(44)28-13-17-32(18-14-28)50-20-10-8-6-4-2/h11-18,21-24H,3-10,19-20,25-26H2,1-2H3. The maximum atomic E-state index is 13.1. The number of nitro benzene ring substituents is 2. The van der Waals surface area contributed by atoms with E-state index in [1.165, 1.54) is 23.9 Å². The molecule has 0 unspecified atom stereocenters. The minimum absolute atomic E-state index is 0.0464. The third-order valence-corrected chi connectivity index (χ3v) is 9.67. The predicted molar refractivity (Wildman–Crippen MR) is 202 cm³/mol. The van der Waals surface area contributed by atoms with E-state index < -0.39 is 33.2 Å². The van der Waals surface area contributed by atoms with Crippen LogP contribution in [0.4, 0.5) is 11.4 Å². The topological polar surface area (TPSA) is 157 Å². The van der Waals surface area contributed by atoms with Gasteiger partial charge in [-0.25, -0.2) is 9.59 Å². The SMILES string of the molecule is CCCCCCOc1ccc(C(=O)Oc2cc3c(c([N+](=O)[O-])c2)-c2c(cc(OC(=O)c4ccc(OCCCCCC)cc4)cc2[N+](=O)[O-])CSC3)cc1. The van der Waals surface area contributed by atoms with Gasteiger partial charge < -0.3 is 18.9 Å². The van der Waals surface area contributed by atoms with Gasteiger partial charge in [-0.05, 0) is 84.6 Å². The second-order valence-corrected chi connectivity index (χ2v) is 13.6. The highest BCUT2D eigenvalue weighted by Crippen LogP contribution is 2.48. The molecule has 1 aliphatic rings. The van der Waals surface area contributed by atoms with Crippen LogP contribution in [0.1, 0.15) is 97.1 Å². The van der Waals surface area contributed by atoms with Gasteiger partial charge in [-0.15, -0.1) is 0 Å². The fourth-order valence-corrected chi connectivity index (χ4v) is 6.94. The van der Waals surface area contributed by atoms with Crippen LogP contribution in [0.3, 0.4) is 0 Å². The van der Waals surface area contributed by atoms with Gasteiger partial charge in [-0.3, -0.25) is 20.2 Å². The third kappa shape index (κ3) is 10.3. The van der Waals surface area contributed by atoms with E-state index in [-0.39, 0.29) is 45.3 Å². The normalized spacial score (nSPS) is 11.8. The minimum Gasteiger partial charge on any atom is -0.494 e. The van der Waals surface area contributed by atoms with Gasteiger partial charge in [0, 0.05) is 11.5 Å². The van der Waals surface area contributed by atoms with Gasteiger partial charge in [0.25, 0.3) is 11.4 Å². The van der Waals surface area contributed by atoms with Crippen molar-refractivity contribution < 1.29 is 38.4 Å². The van der Waals surface area contributed by atoms with Crippen molar-refractivity contribution in [3.05, 3.63) is 115 Å². The molecule has 4 aromatic carbocycles. The van der Waals surface area contributed by atoms with Crippen LogP contribution in [-0.2, 0) is 11.5 Å². The summed E-state index contributed by atoms with van der Waals surface area (Å²) in [6.07, 6.45) is 8.55. The molecule has 4 aromatic rings. The smallest absolute Gasteiger partial charge is 0.343 e. The summed E-state index contributed by atoms with van der Waals surface area (Å²) in [5.74, 6) is 0.112. The molecule has 5 rings (SSSR count). The number of rotatable bonds is 18. The Morgan fingerprint density at radius 2 is 0.981 bits per heavy atom. The van der Waals surface area contributed by atoms with E-state index in [9.17, 15) is 29.8 Å². The second-order valence-electron chi connectivity index (χ2n) is 12.6. The van der Waals surface area contributed by atoms with Crippen molar-refractivity contribution in [1.82, 2.24) is 0 Å². The molecule has 0 aromatic heterocycles. The molecule has 0 aliphatic carbocycles. The molecule has 12 nitrogen and oxygen atoms in total. The van der Waals surface area contributed by atoms with Crippen molar-refractivity contribution >= 4 is 35.1 Å². The zero-order valence-corrected chi connectivity index (χ0v) is 30.6. The number of nitro groups is 2. The molecule has 53 heavy (non-hydrogen) atoms. The fraction of sp³-hybridized carbons (Fsp3) is 0.350. The number of nitrogens with zero attached hydrogens (tertiary/aromatic N) is 2. The zero-order chi connectivity index (χ0) is 37.7. The average Bonchev–Trinajstić information content (AvgIpc) is 3.33. The van der Waals surface area contributed by atoms with Crippen LogP contribution in [0.2, 0.25) is 0 Å². The van der Waals surface area contributed by atoms with Crippen molar-refractivity contribution in [2.24, 2.45) is 0 Å². The lowest BCUT2D eigenvalue weighted by molar-refractivity contribution is -0.386. The van der Waals surface area contributed by atoms with E-state index in [4.69, 9.17) is 18.9 Å². The van der Waals surface area contributed by atoms with Gasteiger partial charge in [0.05, 0.1) is 57.4 Å². The van der Waals surface area contributed by atoms with Crippen molar-refractivity contribution in [1.29, 1.82) is 0 Å². The molecule has 0 radical (unpaired) electrons. The van der Waals surface area contributed by atoms with Crippen molar-refractivity contribution in [2.45, 2.75) is 76.7 Å². The number of unbranched alkanes of at least 4 members (excludes halogenated alkanes) is 6. The number of esters is 2. The Morgan fingerprint density at radius 1 is 0.585 bits per heavy atom. The highest BCUT2D eigenvalue weighted by atomic mass is 32.2. The summed E-state index contributed by atoms with van der Waals surface area (Å²) in [6.45, 7) is 5.41. The van der Waals surface area contributed by atoms with Gasteiger partial charge in [-0.1, -0.05) is 52.4 Å². The first-order chi connectivity index (χ1) is 25.7. The van der Waals surface area contributed by atoms with Crippen LogP contribution in [0.5, 0.6) is 23.0 Å². The second kappa shape index (κ2) is 18.9. The number of ether oxygens (including phenoxy) is 4. The van der Waals surface area contributed by atoms with Crippen molar-refractivity contribution in [3.8, 4) is 34.1 Å². The van der Waals surface area contributed by atoms with E-state index in [0.717, 1.165) is 63.5 Å². The molecule has 0 bridgehead atoms. The van der Waals surface area contributed by atoms with Gasteiger partial charge >= 0.3 is 11.9 Å². The number of carbonyl (C=O) groups is 2. The Balaban J connectivity index is 1.35. The highest BCUT2D eigenvalue weighted by Gasteiger charge is 2.33. The monoisotopic (exact) mass is 742 g/mol. The molecular formula is C40H42N2O10S. The molecule has 1 heterocycles. The summed E-state index contributed by atoms with van der Waals surface area (Å²) in [6, 6.07) is 18.1. The Morgan fingerprint density at radius 3 is 1.34 bits per heavy atom. The predicted octanol–water partition coefficient (Wildman–Crippen LogP) is 10.3. The van der Waals surface area contributed by atoms with Crippen LogP contribution in [0.15, 0.2) is 72.8 Å². The Kier molecular flexibility index (Phi) is 13.8. The first-order valence-electron chi connectivity index (χ1n) is 17.8. The Labute approximate surface area is 312 Å². The quantitative estimate of drug-likeness (QED) is 0.0314. The summed E-state index contributed by atoms with van der Waals surface area (Å²) >= 11 is 1.36. The zero-order valence-electron chi connectivity index (χ0n) is 29.8. The molecule has 13 heteroatoms. The summed E-state index contributed by atoms with van der Waals surface area (Å²) in [5.41, 5.74) is 0.398. The fourth-order valence-electron chi connectivity index (χ4n) is 5.94. The van der Waals surface area contributed by atoms with Gasteiger partial charge in [0.1, 0.15) is 23.0 Å². The molecule has 0 atom stereocenters. The number of benzene rings is 4. The molecule has 0 amide bonds. The molecule has 0 spiro atoms. The van der Waals surface area contributed by atoms with E-state index >= 15 is 0 Å². The summed E-state index contributed by atoms with van der Waals surface area (Å²) in [4.78, 5) is 49.7. The maximum absolute atomic E-state index is 13.1. The molecule has 0 N–H and O–H groups in total. The number of thioether (sulfide) groups is 1. The van der Waals surface area contributed by atoms with Gasteiger partial charge in [-0.2, -0.15) is 11.8 Å². The van der Waals surface area contributed by atoms with E-state index in [2.05, 4.69) is 13.8 Å². The molecule has 278 valence electrons. The summed E-state index contributed by atoms with van der Waals surface area (Å²) < 4.78 is 22.6. The Bertz CT molecular complexity index is 1790. The molecule has 0 saturated carbocycles. The van der Waals surface area contributed by atoms with Crippen molar-refractivity contribution in [2.75, 3.05) is 13.2 Å². The average molecular weight is 743 g/mol. The summed E-state index contributed by atoms with van der Waals surface area (Å²) in [5, 5.41) is 24.9. The van der Waals surface area contributed by atoms with Gasteiger partial charge in [0.15, 0.2) is 0 Å². The number of hydrogen-bond acceptors (Lipinski definition) is 11. The molecule has 1 aliphatic heterocycles. The first kappa shape index (κ1) is 38.8. The van der Waals surface area contributed by atoms with Crippen LogP contribution in [-0.4, -0.2) is 35.0 Å². The number of carbonyl (C=O) groups excluding carboxylic acids is 2. The largest absolute Gasteiger partial charge is 0.494 e. The minimum atomic E-state index is -0.725. The van der Waals surface area contributed by atoms with Crippen LogP contribution >= 0.6 is 11.8 Å². The highest BCUT2D eigenvalue weighted by molar-refractivity contribution is 7.97. The lowest BCUT2D eigenvalue weighted by Gasteiger charge is -2.14. The summed E-state index contributed by atoms with van der Waals surface area (Å²) in [7, 11) is 0. The molecule has 0 saturated heterocycles. The Hall–Kier alpha value is -5.43. The lowest BCUT2D eigenvalue weighted by atomic mass is 9.93. The van der Waals surface area contributed by atoms with Crippen molar-refractivity contribution in [3.63, 3.8) is 0 Å². The lowest BCUT2D eigenvalue weighted by Crippen LogP contribution is -2.10. The van der Waals surface area contributed by atoms with E-state index in [1.807, 2.05) is 0 Å². The first-order valence-corrected chi connectivity index (χ1v) is 18.9. The van der Waals surface area contributed by atoms with Crippen LogP contribution in [0.25, 0.3) is 11.1 Å². The number of hydrogen-bond donors (Lipinski definition) is 0. The van der Waals surface area contributed by atoms with E-state index in [1.54, 1.807) is 48.5 Å². The molecule has 0 fully saturated rings. The van der Waals surface area contributed by atoms with Gasteiger partial charge in [0.2, 0.25) is 0 Å². The number of fused-ring (bicyclic) bond motifs is 3. The molecular weight excluding hydrogens is 701 g/mol. The van der Waals surface area contributed by atoms with Crippen LogP contribution < -0.4 is 18.9 Å². The van der Waals surface area contributed by atoms with Crippen LogP contribution in [0, 0.1) is 20.2 Å². The van der Waals surface area contributed by atoms with E-state index in [0.29, 0.717) is 35.8 Å². The maximum Gasteiger partial charge on any atom is 0.343 e.